The Morgan fingerprint density at radius 2 is 1.89 bits per heavy atom. The maximum atomic E-state index is 15.4. The maximum Gasteiger partial charge on any atom is 0.237 e. The second-order valence-corrected chi connectivity index (χ2v) is 10.5. The van der Waals surface area contributed by atoms with Gasteiger partial charge in [0.2, 0.25) is 16.0 Å². The van der Waals surface area contributed by atoms with Gasteiger partial charge in [-0.05, 0) is 54.8 Å². The monoisotopic (exact) mass is 509 g/mol. The number of rotatable bonds is 7. The van der Waals surface area contributed by atoms with Crippen molar-refractivity contribution in [2.75, 3.05) is 23.1 Å². The van der Waals surface area contributed by atoms with Crippen molar-refractivity contribution in [3.05, 3.63) is 84.1 Å². The lowest BCUT2D eigenvalue weighted by Crippen LogP contribution is -2.38. The van der Waals surface area contributed by atoms with Crippen molar-refractivity contribution >= 4 is 32.6 Å². The Kier molecular flexibility index (Phi) is 6.80. The summed E-state index contributed by atoms with van der Waals surface area (Å²) in [5.41, 5.74) is 0.783. The van der Waals surface area contributed by atoms with Gasteiger partial charge in [0.25, 0.3) is 0 Å². The smallest absolute Gasteiger partial charge is 0.237 e. The van der Waals surface area contributed by atoms with Crippen molar-refractivity contribution in [3.8, 4) is 11.1 Å². The van der Waals surface area contributed by atoms with E-state index in [0.717, 1.165) is 38.1 Å². The van der Waals surface area contributed by atoms with Crippen molar-refractivity contribution in [2.45, 2.75) is 24.6 Å². The first kappa shape index (κ1) is 24.1. The lowest BCUT2D eigenvalue weighted by molar-refractivity contribution is 0.478. The summed E-state index contributed by atoms with van der Waals surface area (Å²) >= 11 is 0. The second kappa shape index (κ2) is 10.2. The van der Waals surface area contributed by atoms with Crippen molar-refractivity contribution < 1.29 is 17.2 Å². The molecule has 1 aliphatic heterocycles. The summed E-state index contributed by atoms with van der Waals surface area (Å²) in [6.07, 6.45) is 3.71. The van der Waals surface area contributed by atoms with Crippen molar-refractivity contribution in [1.82, 2.24) is 15.3 Å². The quantitative estimate of drug-likeness (QED) is 0.335. The van der Waals surface area contributed by atoms with E-state index in [9.17, 15) is 12.8 Å². The minimum Gasteiger partial charge on any atom is -0.350 e. The average molecular weight is 510 g/mol. The molecule has 4 aromatic rings. The van der Waals surface area contributed by atoms with Crippen LogP contribution in [0.5, 0.6) is 0 Å². The molecule has 7 nitrogen and oxygen atoms in total. The van der Waals surface area contributed by atoms with E-state index < -0.39 is 21.7 Å². The van der Waals surface area contributed by atoms with E-state index >= 15 is 4.39 Å². The Bertz CT molecular complexity index is 1490. The molecule has 1 atom stereocenters. The molecule has 2 heterocycles. The van der Waals surface area contributed by atoms with E-state index in [0.29, 0.717) is 22.4 Å². The van der Waals surface area contributed by atoms with Gasteiger partial charge >= 0.3 is 0 Å². The molecule has 0 saturated carbocycles. The summed E-state index contributed by atoms with van der Waals surface area (Å²) in [6.45, 7) is 1.84. The minimum absolute atomic E-state index is 0.243. The number of halogens is 2. The van der Waals surface area contributed by atoms with Crippen molar-refractivity contribution in [3.63, 3.8) is 0 Å². The number of hydrogen-bond donors (Lipinski definition) is 3. The summed E-state index contributed by atoms with van der Waals surface area (Å²) in [7, 11) is -3.92. The van der Waals surface area contributed by atoms with Gasteiger partial charge in [-0.3, -0.25) is 4.72 Å². The van der Waals surface area contributed by atoms with Crippen LogP contribution >= 0.6 is 0 Å². The molecule has 10 heteroatoms. The number of nitrogens with zero attached hydrogens (tertiary/aromatic N) is 2. The fourth-order valence-electron chi connectivity index (χ4n) is 4.31. The number of benzene rings is 3. The second-order valence-electron chi connectivity index (χ2n) is 8.79. The van der Waals surface area contributed by atoms with Gasteiger partial charge in [-0.2, -0.15) is 0 Å². The number of hydrogen-bond acceptors (Lipinski definition) is 6. The largest absolute Gasteiger partial charge is 0.350 e. The van der Waals surface area contributed by atoms with Gasteiger partial charge in [0.05, 0.1) is 22.5 Å². The molecule has 0 radical (unpaired) electrons. The molecule has 1 aromatic heterocycles. The fraction of sp³-hybridized carbons (Fsp3) is 0.231. The number of nitrogens with one attached hydrogen (secondary N) is 3. The molecule has 1 saturated heterocycles. The van der Waals surface area contributed by atoms with Crippen LogP contribution in [0.2, 0.25) is 0 Å². The van der Waals surface area contributed by atoms with Crippen molar-refractivity contribution in [1.29, 1.82) is 0 Å². The van der Waals surface area contributed by atoms with Crippen LogP contribution in [0.1, 0.15) is 18.4 Å². The van der Waals surface area contributed by atoms with Gasteiger partial charge < -0.3 is 10.6 Å². The van der Waals surface area contributed by atoms with Gasteiger partial charge in [0, 0.05) is 24.2 Å². The number of piperidine rings is 1. The first-order valence-corrected chi connectivity index (χ1v) is 13.3. The van der Waals surface area contributed by atoms with Crippen LogP contribution in [-0.4, -0.2) is 37.5 Å². The van der Waals surface area contributed by atoms with Crippen LogP contribution in [0.4, 0.5) is 20.4 Å². The molecule has 186 valence electrons. The molecular formula is C26H25F2N5O2S. The lowest BCUT2D eigenvalue weighted by atomic mass is 10.0. The Morgan fingerprint density at radius 3 is 2.67 bits per heavy atom. The zero-order valence-electron chi connectivity index (χ0n) is 19.3. The Balaban J connectivity index is 1.41. The zero-order valence-corrected chi connectivity index (χ0v) is 20.2. The molecular weight excluding hydrogens is 484 g/mol. The van der Waals surface area contributed by atoms with Gasteiger partial charge in [-0.15, -0.1) is 0 Å². The van der Waals surface area contributed by atoms with E-state index in [4.69, 9.17) is 0 Å². The first-order chi connectivity index (χ1) is 17.4. The number of aromatic nitrogens is 2. The highest BCUT2D eigenvalue weighted by Crippen LogP contribution is 2.33. The third-order valence-electron chi connectivity index (χ3n) is 6.05. The number of sulfonamides is 1. The molecule has 0 amide bonds. The number of fused-ring (bicyclic) bond motifs is 1. The summed E-state index contributed by atoms with van der Waals surface area (Å²) < 4.78 is 57.6. The Hall–Kier alpha value is -3.63. The first-order valence-electron chi connectivity index (χ1n) is 11.6. The molecule has 1 fully saturated rings. The maximum absolute atomic E-state index is 15.4. The highest BCUT2D eigenvalue weighted by molar-refractivity contribution is 7.91. The minimum atomic E-state index is -3.92. The molecule has 1 aliphatic rings. The summed E-state index contributed by atoms with van der Waals surface area (Å²) in [5, 5.41) is 7.25. The lowest BCUT2D eigenvalue weighted by Gasteiger charge is -2.23. The van der Waals surface area contributed by atoms with Crippen LogP contribution < -0.4 is 15.4 Å². The standard InChI is InChI=1S/C26H25F2N5O2S/c27-21-9-11-23(33-36(34,35)16-17-5-2-1-3-6-17)25(28)24(21)18-8-10-22-19(13-18)14-30-26(32-22)31-20-7-4-12-29-15-20/h1-3,5-6,8-11,13-14,20,29,33H,4,7,12,15-16H2,(H,30,31,32)/t20-/m0/s1. The van der Waals surface area contributed by atoms with Crippen LogP contribution in [0.3, 0.4) is 0 Å². The predicted molar refractivity (Wildman–Crippen MR) is 137 cm³/mol. The highest BCUT2D eigenvalue weighted by atomic mass is 32.2. The van der Waals surface area contributed by atoms with Crippen LogP contribution in [0.15, 0.2) is 66.9 Å². The Labute approximate surface area is 208 Å². The Morgan fingerprint density at radius 1 is 1.06 bits per heavy atom. The highest BCUT2D eigenvalue weighted by Gasteiger charge is 2.20. The third kappa shape index (κ3) is 5.44. The van der Waals surface area contributed by atoms with E-state index in [1.807, 2.05) is 0 Å². The molecule has 3 N–H and O–H groups in total. The van der Waals surface area contributed by atoms with Gasteiger partial charge in [0.15, 0.2) is 5.82 Å². The normalized spacial score (nSPS) is 16.1. The molecule has 0 bridgehead atoms. The number of anilines is 2. The molecule has 3 aromatic carbocycles. The molecule has 0 aliphatic carbocycles. The molecule has 0 spiro atoms. The molecule has 0 unspecified atom stereocenters. The van der Waals surface area contributed by atoms with E-state index in [-0.39, 0.29) is 28.6 Å². The van der Waals surface area contributed by atoms with Crippen molar-refractivity contribution in [2.24, 2.45) is 0 Å². The summed E-state index contributed by atoms with van der Waals surface area (Å²) in [6, 6.07) is 15.7. The zero-order chi connectivity index (χ0) is 25.1. The van der Waals surface area contributed by atoms with Gasteiger partial charge in [-0.25, -0.2) is 27.2 Å². The van der Waals surface area contributed by atoms with Gasteiger partial charge in [-0.1, -0.05) is 36.4 Å². The van der Waals surface area contributed by atoms with E-state index in [2.05, 4.69) is 25.3 Å². The van der Waals surface area contributed by atoms with Crippen LogP contribution in [0.25, 0.3) is 22.0 Å². The predicted octanol–water partition coefficient (Wildman–Crippen LogP) is 4.68. The van der Waals surface area contributed by atoms with Crippen LogP contribution in [-0.2, 0) is 15.8 Å². The SMILES string of the molecule is O=S(=O)(Cc1ccccc1)Nc1ccc(F)c(-c2ccc3nc(N[C@H]4CCCNC4)ncc3c2)c1F. The van der Waals surface area contributed by atoms with Crippen LogP contribution in [0, 0.1) is 11.6 Å². The molecule has 36 heavy (non-hydrogen) atoms. The molecule has 5 rings (SSSR count). The topological polar surface area (TPSA) is 96.0 Å². The van der Waals surface area contributed by atoms with Gasteiger partial charge in [0.1, 0.15) is 5.82 Å². The van der Waals surface area contributed by atoms with E-state index in [1.54, 1.807) is 54.7 Å². The fourth-order valence-corrected chi connectivity index (χ4v) is 5.51. The third-order valence-corrected chi connectivity index (χ3v) is 7.30. The summed E-state index contributed by atoms with van der Waals surface area (Å²) in [4.78, 5) is 8.88. The van der Waals surface area contributed by atoms with E-state index in [1.165, 1.54) is 0 Å². The summed E-state index contributed by atoms with van der Waals surface area (Å²) in [5.74, 6) is -1.63. The average Bonchev–Trinajstić information content (AvgIpc) is 2.87.